The lowest BCUT2D eigenvalue weighted by atomic mass is 10.2. The van der Waals surface area contributed by atoms with Gasteiger partial charge in [-0.05, 0) is 66.0 Å². The van der Waals surface area contributed by atoms with Gasteiger partial charge in [-0.2, -0.15) is 13.2 Å². The van der Waals surface area contributed by atoms with E-state index in [0.717, 1.165) is 27.8 Å². The normalized spacial score (nSPS) is 11.9. The minimum absolute atomic E-state index is 0.0111. The largest absolute Gasteiger partial charge is 0.495 e. The van der Waals surface area contributed by atoms with Crippen LogP contribution in [0.4, 0.5) is 24.5 Å². The zero-order chi connectivity index (χ0) is 26.3. The van der Waals surface area contributed by atoms with E-state index < -0.39 is 27.7 Å². The number of benzene rings is 3. The van der Waals surface area contributed by atoms with Crippen molar-refractivity contribution in [1.29, 1.82) is 0 Å². The lowest BCUT2D eigenvalue weighted by molar-refractivity contribution is -0.137. The molecule has 188 valence electrons. The Labute approximate surface area is 213 Å². The second-order valence-corrected chi connectivity index (χ2v) is 11.1. The molecule has 1 N–H and O–H groups in total. The maximum Gasteiger partial charge on any atom is 0.416 e. The SMILES string of the molecule is COc1ccc(S(=O)(=O)N(C)c2ccc3sc(C(=O)Nc4cccc(C(F)(F)F)c4)cc3c2)cc1Cl. The van der Waals surface area contributed by atoms with Crippen molar-refractivity contribution in [1.82, 2.24) is 0 Å². The smallest absolute Gasteiger partial charge is 0.416 e. The molecule has 1 heterocycles. The Morgan fingerprint density at radius 1 is 1.06 bits per heavy atom. The number of halogens is 4. The summed E-state index contributed by atoms with van der Waals surface area (Å²) in [5.41, 5.74) is -0.516. The van der Waals surface area contributed by atoms with Crippen LogP contribution in [0.3, 0.4) is 0 Å². The fraction of sp³-hybridized carbons (Fsp3) is 0.125. The number of sulfonamides is 1. The van der Waals surface area contributed by atoms with Gasteiger partial charge in [0, 0.05) is 17.4 Å². The summed E-state index contributed by atoms with van der Waals surface area (Å²) < 4.78 is 71.9. The van der Waals surface area contributed by atoms with Crippen molar-refractivity contribution >= 4 is 60.3 Å². The lowest BCUT2D eigenvalue weighted by Crippen LogP contribution is -2.26. The number of fused-ring (bicyclic) bond motifs is 1. The first-order valence-corrected chi connectivity index (χ1v) is 12.9. The summed E-state index contributed by atoms with van der Waals surface area (Å²) >= 11 is 7.22. The van der Waals surface area contributed by atoms with Crippen molar-refractivity contribution in [2.45, 2.75) is 11.1 Å². The van der Waals surface area contributed by atoms with E-state index in [2.05, 4.69) is 5.32 Å². The average Bonchev–Trinajstić information content (AvgIpc) is 3.27. The summed E-state index contributed by atoms with van der Waals surface area (Å²) in [5, 5.41) is 3.22. The number of ether oxygens (including phenoxy) is 1. The number of anilines is 2. The molecule has 1 amide bonds. The summed E-state index contributed by atoms with van der Waals surface area (Å²) in [7, 11) is -1.14. The minimum Gasteiger partial charge on any atom is -0.495 e. The van der Waals surface area contributed by atoms with Gasteiger partial charge in [0.05, 0.1) is 33.2 Å². The van der Waals surface area contributed by atoms with Gasteiger partial charge < -0.3 is 10.1 Å². The first-order chi connectivity index (χ1) is 16.9. The van der Waals surface area contributed by atoms with E-state index in [1.807, 2.05) is 0 Å². The van der Waals surface area contributed by atoms with Crippen LogP contribution in [0.25, 0.3) is 10.1 Å². The molecule has 0 aliphatic carbocycles. The van der Waals surface area contributed by atoms with Gasteiger partial charge in [-0.3, -0.25) is 9.10 Å². The third-order valence-electron chi connectivity index (χ3n) is 5.32. The summed E-state index contributed by atoms with van der Waals surface area (Å²) in [6.45, 7) is 0. The van der Waals surface area contributed by atoms with E-state index in [0.29, 0.717) is 21.5 Å². The Morgan fingerprint density at radius 3 is 2.47 bits per heavy atom. The van der Waals surface area contributed by atoms with Gasteiger partial charge in [0.2, 0.25) is 0 Å². The number of thiophene rings is 1. The molecule has 0 bridgehead atoms. The van der Waals surface area contributed by atoms with Crippen LogP contribution in [0.1, 0.15) is 15.2 Å². The number of hydrogen-bond acceptors (Lipinski definition) is 5. The number of alkyl halides is 3. The highest BCUT2D eigenvalue weighted by atomic mass is 35.5. The molecule has 4 rings (SSSR count). The van der Waals surface area contributed by atoms with Crippen molar-refractivity contribution in [2.75, 3.05) is 23.8 Å². The molecule has 0 aliphatic rings. The molecule has 0 saturated carbocycles. The highest BCUT2D eigenvalue weighted by molar-refractivity contribution is 7.92. The van der Waals surface area contributed by atoms with Gasteiger partial charge in [-0.15, -0.1) is 11.3 Å². The van der Waals surface area contributed by atoms with E-state index in [1.54, 1.807) is 24.3 Å². The standard InChI is InChI=1S/C24H18ClF3N2O4S2/c1-30(36(32,33)18-7-8-20(34-2)19(25)13-18)17-6-9-21-14(10-17)11-22(35-21)23(31)29-16-5-3-4-15(12-16)24(26,27)28/h3-13H,1-2H3,(H,29,31). The molecule has 0 spiro atoms. The van der Waals surface area contributed by atoms with Crippen LogP contribution >= 0.6 is 22.9 Å². The van der Waals surface area contributed by atoms with Gasteiger partial charge in [-0.1, -0.05) is 17.7 Å². The fourth-order valence-electron chi connectivity index (χ4n) is 3.41. The summed E-state index contributed by atoms with van der Waals surface area (Å²) in [6.07, 6.45) is -4.53. The topological polar surface area (TPSA) is 75.7 Å². The summed E-state index contributed by atoms with van der Waals surface area (Å²) in [5.74, 6) is -0.236. The quantitative estimate of drug-likeness (QED) is 0.289. The molecule has 36 heavy (non-hydrogen) atoms. The first kappa shape index (κ1) is 25.8. The van der Waals surface area contributed by atoms with Crippen molar-refractivity contribution in [2.24, 2.45) is 0 Å². The molecule has 0 atom stereocenters. The lowest BCUT2D eigenvalue weighted by Gasteiger charge is -2.20. The molecule has 0 saturated heterocycles. The van der Waals surface area contributed by atoms with Crippen molar-refractivity contribution in [3.63, 3.8) is 0 Å². The molecular weight excluding hydrogens is 537 g/mol. The molecule has 4 aromatic rings. The number of methoxy groups -OCH3 is 1. The number of amides is 1. The van der Waals surface area contributed by atoms with Crippen LogP contribution in [-0.2, 0) is 16.2 Å². The van der Waals surface area contributed by atoms with Gasteiger partial charge in [0.15, 0.2) is 0 Å². The van der Waals surface area contributed by atoms with E-state index in [9.17, 15) is 26.4 Å². The molecule has 3 aromatic carbocycles. The second-order valence-electron chi connectivity index (χ2n) is 7.63. The Kier molecular flexibility index (Phi) is 6.91. The Hall–Kier alpha value is -3.28. The van der Waals surface area contributed by atoms with Crippen LogP contribution in [0.5, 0.6) is 5.75 Å². The van der Waals surface area contributed by atoms with Crippen LogP contribution < -0.4 is 14.4 Å². The molecular formula is C24H18ClF3N2O4S2. The molecule has 1 aromatic heterocycles. The van der Waals surface area contributed by atoms with E-state index in [-0.39, 0.29) is 20.5 Å². The van der Waals surface area contributed by atoms with Crippen molar-refractivity contribution < 1.29 is 31.1 Å². The Morgan fingerprint density at radius 2 is 1.81 bits per heavy atom. The number of nitrogens with zero attached hydrogens (tertiary/aromatic N) is 1. The number of nitrogens with one attached hydrogen (secondary N) is 1. The van der Waals surface area contributed by atoms with Crippen LogP contribution in [0, 0.1) is 0 Å². The van der Waals surface area contributed by atoms with Gasteiger partial charge in [-0.25, -0.2) is 8.42 Å². The maximum absolute atomic E-state index is 13.1. The zero-order valence-corrected chi connectivity index (χ0v) is 21.1. The summed E-state index contributed by atoms with van der Waals surface area (Å²) in [4.78, 5) is 12.9. The average molecular weight is 555 g/mol. The van der Waals surface area contributed by atoms with Gasteiger partial charge in [0.1, 0.15) is 5.75 Å². The number of hydrogen-bond donors (Lipinski definition) is 1. The van der Waals surface area contributed by atoms with Crippen molar-refractivity contribution in [3.8, 4) is 5.75 Å². The molecule has 0 aliphatic heterocycles. The summed E-state index contributed by atoms with van der Waals surface area (Å²) in [6, 6.07) is 14.9. The highest BCUT2D eigenvalue weighted by Gasteiger charge is 2.30. The van der Waals surface area contributed by atoms with E-state index >= 15 is 0 Å². The third kappa shape index (κ3) is 5.13. The molecule has 0 radical (unpaired) electrons. The Balaban J connectivity index is 1.59. The third-order valence-corrected chi connectivity index (χ3v) is 8.51. The number of carbonyl (C=O) groups is 1. The number of rotatable bonds is 6. The fourth-order valence-corrected chi connectivity index (χ4v) is 5.88. The molecule has 6 nitrogen and oxygen atoms in total. The van der Waals surface area contributed by atoms with Gasteiger partial charge in [0.25, 0.3) is 15.9 Å². The van der Waals surface area contributed by atoms with E-state index in [4.69, 9.17) is 16.3 Å². The van der Waals surface area contributed by atoms with Crippen molar-refractivity contribution in [3.05, 3.63) is 82.2 Å². The monoisotopic (exact) mass is 554 g/mol. The number of carbonyl (C=O) groups excluding carboxylic acids is 1. The molecule has 0 fully saturated rings. The predicted octanol–water partition coefficient (Wildman–Crippen LogP) is 6.66. The molecule has 0 unspecified atom stereocenters. The zero-order valence-electron chi connectivity index (χ0n) is 18.8. The Bertz CT molecular complexity index is 1570. The minimum atomic E-state index is -4.53. The molecule has 12 heteroatoms. The predicted molar refractivity (Wildman–Crippen MR) is 135 cm³/mol. The van der Waals surface area contributed by atoms with Crippen LogP contribution in [0.2, 0.25) is 5.02 Å². The van der Waals surface area contributed by atoms with Crippen LogP contribution in [0.15, 0.2) is 71.6 Å². The highest BCUT2D eigenvalue weighted by Crippen LogP contribution is 2.34. The maximum atomic E-state index is 13.1. The second kappa shape index (κ2) is 9.64. The van der Waals surface area contributed by atoms with Crippen LogP contribution in [-0.4, -0.2) is 28.5 Å². The van der Waals surface area contributed by atoms with Gasteiger partial charge >= 0.3 is 6.18 Å². The first-order valence-electron chi connectivity index (χ1n) is 10.2. The van der Waals surface area contributed by atoms with E-state index in [1.165, 1.54) is 44.5 Å².